The van der Waals surface area contributed by atoms with E-state index in [9.17, 15) is 14.9 Å². The molecule has 1 aromatic carbocycles. The molecule has 0 aliphatic rings. The van der Waals surface area contributed by atoms with Crippen molar-refractivity contribution in [1.82, 2.24) is 4.57 Å². The van der Waals surface area contributed by atoms with E-state index in [1.165, 1.54) is 18.2 Å². The Balaban J connectivity index is 2.83. The smallest absolute Gasteiger partial charge is 0.270 e. The van der Waals surface area contributed by atoms with Crippen molar-refractivity contribution in [2.24, 2.45) is 0 Å². The second-order valence-corrected chi connectivity index (χ2v) is 3.42. The Labute approximate surface area is 91.1 Å². The lowest BCUT2D eigenvalue weighted by Crippen LogP contribution is -2.07. The maximum atomic E-state index is 11.6. The van der Waals surface area contributed by atoms with Crippen LogP contribution >= 0.6 is 0 Å². The fourth-order valence-corrected chi connectivity index (χ4v) is 1.69. The van der Waals surface area contributed by atoms with Crippen LogP contribution in [0.5, 0.6) is 0 Å². The summed E-state index contributed by atoms with van der Waals surface area (Å²) in [5.74, 6) is 0. The van der Waals surface area contributed by atoms with Gasteiger partial charge in [-0.2, -0.15) is 0 Å². The minimum atomic E-state index is -0.498. The van der Waals surface area contributed by atoms with Crippen molar-refractivity contribution < 1.29 is 4.92 Å². The minimum absolute atomic E-state index is 0.0570. The average Bonchev–Trinajstić information content (AvgIpc) is 2.29. The highest BCUT2D eigenvalue weighted by atomic mass is 16.6. The van der Waals surface area contributed by atoms with E-state index in [-0.39, 0.29) is 11.1 Å². The zero-order chi connectivity index (χ0) is 11.7. The predicted octanol–water partition coefficient (Wildman–Crippen LogP) is 1.93. The Kier molecular flexibility index (Phi) is 2.44. The number of hydrogen-bond donors (Lipinski definition) is 0. The highest BCUT2D eigenvalue weighted by Crippen LogP contribution is 2.17. The SMILES string of the molecule is CCn1ccc(=O)c2cc([N+](=O)[O-])ccc21. The summed E-state index contributed by atoms with van der Waals surface area (Å²) in [6, 6.07) is 5.77. The number of aromatic nitrogens is 1. The van der Waals surface area contributed by atoms with Gasteiger partial charge in [0, 0.05) is 30.9 Å². The molecule has 5 nitrogen and oxygen atoms in total. The van der Waals surface area contributed by atoms with Gasteiger partial charge in [-0.3, -0.25) is 14.9 Å². The van der Waals surface area contributed by atoms with E-state index in [1.807, 2.05) is 11.5 Å². The summed E-state index contributed by atoms with van der Waals surface area (Å²) in [5, 5.41) is 11.0. The first-order valence-electron chi connectivity index (χ1n) is 4.91. The molecular weight excluding hydrogens is 208 g/mol. The maximum absolute atomic E-state index is 11.6. The number of pyridine rings is 1. The molecule has 82 valence electrons. The molecule has 0 saturated heterocycles. The van der Waals surface area contributed by atoms with Crippen molar-refractivity contribution in [3.05, 3.63) is 50.8 Å². The van der Waals surface area contributed by atoms with E-state index < -0.39 is 4.92 Å². The number of nitrogens with zero attached hydrogens (tertiary/aromatic N) is 2. The van der Waals surface area contributed by atoms with Crippen molar-refractivity contribution in [2.45, 2.75) is 13.5 Å². The van der Waals surface area contributed by atoms with Gasteiger partial charge in [0.25, 0.3) is 5.69 Å². The number of nitro groups is 1. The number of nitro benzene ring substituents is 1. The van der Waals surface area contributed by atoms with E-state index in [0.717, 1.165) is 5.52 Å². The zero-order valence-electron chi connectivity index (χ0n) is 8.71. The summed E-state index contributed by atoms with van der Waals surface area (Å²) in [7, 11) is 0. The summed E-state index contributed by atoms with van der Waals surface area (Å²) in [5.41, 5.74) is 0.474. The normalized spacial score (nSPS) is 10.6. The standard InChI is InChI=1S/C11H10N2O3/c1-2-12-6-5-11(14)9-7-8(13(15)16)3-4-10(9)12/h3-7H,2H2,1H3. The number of rotatable bonds is 2. The van der Waals surface area contributed by atoms with Crippen LogP contribution in [0.3, 0.4) is 0 Å². The van der Waals surface area contributed by atoms with Gasteiger partial charge in [-0.1, -0.05) is 0 Å². The molecule has 0 saturated carbocycles. The van der Waals surface area contributed by atoms with Crippen LogP contribution in [0.4, 0.5) is 5.69 Å². The van der Waals surface area contributed by atoms with Crippen LogP contribution in [0.2, 0.25) is 0 Å². The van der Waals surface area contributed by atoms with Crippen molar-refractivity contribution >= 4 is 16.6 Å². The molecule has 0 bridgehead atoms. The first-order valence-corrected chi connectivity index (χ1v) is 4.91. The number of fused-ring (bicyclic) bond motifs is 1. The summed E-state index contributed by atoms with van der Waals surface area (Å²) >= 11 is 0. The molecule has 1 heterocycles. The van der Waals surface area contributed by atoms with Gasteiger partial charge in [0.2, 0.25) is 0 Å². The minimum Gasteiger partial charge on any atom is -0.348 e. The van der Waals surface area contributed by atoms with Crippen LogP contribution in [0.15, 0.2) is 35.3 Å². The van der Waals surface area contributed by atoms with Gasteiger partial charge >= 0.3 is 0 Å². The maximum Gasteiger partial charge on any atom is 0.270 e. The molecular formula is C11H10N2O3. The van der Waals surface area contributed by atoms with E-state index in [2.05, 4.69) is 0 Å². The van der Waals surface area contributed by atoms with Gasteiger partial charge in [0.15, 0.2) is 5.43 Å². The van der Waals surface area contributed by atoms with Crippen molar-refractivity contribution in [2.75, 3.05) is 0 Å². The molecule has 0 fully saturated rings. The molecule has 5 heteroatoms. The fraction of sp³-hybridized carbons (Fsp3) is 0.182. The molecule has 0 aliphatic carbocycles. The third-order valence-corrected chi connectivity index (χ3v) is 2.51. The second-order valence-electron chi connectivity index (χ2n) is 3.42. The number of non-ortho nitro benzene ring substituents is 1. The molecule has 0 atom stereocenters. The number of benzene rings is 1. The largest absolute Gasteiger partial charge is 0.348 e. The van der Waals surface area contributed by atoms with Crippen molar-refractivity contribution in [3.63, 3.8) is 0 Å². The van der Waals surface area contributed by atoms with Gasteiger partial charge in [-0.15, -0.1) is 0 Å². The third-order valence-electron chi connectivity index (χ3n) is 2.51. The lowest BCUT2D eigenvalue weighted by molar-refractivity contribution is -0.384. The number of hydrogen-bond acceptors (Lipinski definition) is 3. The van der Waals surface area contributed by atoms with Gasteiger partial charge < -0.3 is 4.57 Å². The number of aryl methyl sites for hydroxylation is 1. The Morgan fingerprint density at radius 1 is 1.38 bits per heavy atom. The lowest BCUT2D eigenvalue weighted by atomic mass is 10.2. The van der Waals surface area contributed by atoms with Crippen LogP contribution in [-0.2, 0) is 6.54 Å². The molecule has 0 amide bonds. The third kappa shape index (κ3) is 1.56. The highest BCUT2D eigenvalue weighted by molar-refractivity contribution is 5.81. The summed E-state index contributed by atoms with van der Waals surface area (Å²) in [6.07, 6.45) is 1.69. The van der Waals surface area contributed by atoms with E-state index in [4.69, 9.17) is 0 Å². The molecule has 0 unspecified atom stereocenters. The van der Waals surface area contributed by atoms with E-state index >= 15 is 0 Å². The quantitative estimate of drug-likeness (QED) is 0.571. The van der Waals surface area contributed by atoms with Crippen molar-refractivity contribution in [1.29, 1.82) is 0 Å². The summed E-state index contributed by atoms with van der Waals surface area (Å²) < 4.78 is 1.88. The first-order chi connectivity index (χ1) is 7.63. The Morgan fingerprint density at radius 2 is 2.12 bits per heavy atom. The lowest BCUT2D eigenvalue weighted by Gasteiger charge is -2.06. The molecule has 0 N–H and O–H groups in total. The second kappa shape index (κ2) is 3.77. The zero-order valence-corrected chi connectivity index (χ0v) is 8.71. The molecule has 16 heavy (non-hydrogen) atoms. The van der Waals surface area contributed by atoms with Gasteiger partial charge in [0.1, 0.15) is 0 Å². The van der Waals surface area contributed by atoms with Crippen LogP contribution in [0.1, 0.15) is 6.92 Å². The van der Waals surface area contributed by atoms with E-state index in [0.29, 0.717) is 11.9 Å². The first kappa shape index (κ1) is 10.4. The van der Waals surface area contributed by atoms with Crippen LogP contribution in [0.25, 0.3) is 10.9 Å². The van der Waals surface area contributed by atoms with Gasteiger partial charge in [0.05, 0.1) is 15.8 Å². The molecule has 0 spiro atoms. The molecule has 1 aromatic heterocycles. The topological polar surface area (TPSA) is 65.1 Å². The monoisotopic (exact) mass is 218 g/mol. The van der Waals surface area contributed by atoms with Crippen LogP contribution in [0, 0.1) is 10.1 Å². The van der Waals surface area contributed by atoms with Gasteiger partial charge in [-0.05, 0) is 13.0 Å². The molecule has 0 radical (unpaired) electrons. The van der Waals surface area contributed by atoms with Crippen molar-refractivity contribution in [3.8, 4) is 0 Å². The Hall–Kier alpha value is -2.17. The summed E-state index contributed by atoms with van der Waals surface area (Å²) in [6.45, 7) is 2.67. The average molecular weight is 218 g/mol. The molecule has 0 aliphatic heterocycles. The van der Waals surface area contributed by atoms with Gasteiger partial charge in [-0.25, -0.2) is 0 Å². The van der Waals surface area contributed by atoms with E-state index in [1.54, 1.807) is 12.3 Å². The molecule has 2 rings (SSSR count). The van der Waals surface area contributed by atoms with Crippen LogP contribution < -0.4 is 5.43 Å². The highest BCUT2D eigenvalue weighted by Gasteiger charge is 2.09. The Morgan fingerprint density at radius 3 is 2.75 bits per heavy atom. The van der Waals surface area contributed by atoms with Crippen LogP contribution in [-0.4, -0.2) is 9.49 Å². The summed E-state index contributed by atoms with van der Waals surface area (Å²) in [4.78, 5) is 21.7. The Bertz CT molecular complexity index is 616. The molecule has 2 aromatic rings. The predicted molar refractivity (Wildman–Crippen MR) is 60.5 cm³/mol. The fourth-order valence-electron chi connectivity index (χ4n) is 1.69.